The summed E-state index contributed by atoms with van der Waals surface area (Å²) in [4.78, 5) is 12.1. The van der Waals surface area contributed by atoms with Gasteiger partial charge in [-0.1, -0.05) is 29.8 Å². The van der Waals surface area contributed by atoms with Gasteiger partial charge in [-0.25, -0.2) is 12.8 Å². The summed E-state index contributed by atoms with van der Waals surface area (Å²) in [5, 5.41) is 2.73. The molecule has 0 aromatic heterocycles. The van der Waals surface area contributed by atoms with E-state index in [1.807, 2.05) is 6.92 Å². The van der Waals surface area contributed by atoms with Crippen LogP contribution >= 0.6 is 0 Å². The van der Waals surface area contributed by atoms with Crippen molar-refractivity contribution >= 4 is 21.6 Å². The Bertz CT molecular complexity index is 834. The molecule has 0 radical (unpaired) electrons. The number of amides is 1. The van der Waals surface area contributed by atoms with Crippen molar-refractivity contribution in [2.24, 2.45) is 0 Å². The molecule has 0 aliphatic heterocycles. The van der Waals surface area contributed by atoms with E-state index in [4.69, 9.17) is 0 Å². The summed E-state index contributed by atoms with van der Waals surface area (Å²) in [5.74, 6) is -0.644. The Labute approximate surface area is 153 Å². The number of hydrogen-bond acceptors (Lipinski definition) is 3. The topological polar surface area (TPSA) is 66.5 Å². The highest BCUT2D eigenvalue weighted by Crippen LogP contribution is 2.17. The molecule has 0 spiro atoms. The number of anilines is 1. The van der Waals surface area contributed by atoms with Gasteiger partial charge in [0, 0.05) is 6.54 Å². The number of benzene rings is 2. The Morgan fingerprint density at radius 3 is 2.27 bits per heavy atom. The maximum absolute atomic E-state index is 12.8. The standard InChI is InChI=1S/C19H23FN2O3S/c1-15-5-11-18(12-6-15)22(26(2,24)25)14-19(23)21-13-3-4-16-7-9-17(20)10-8-16/h5-12H,3-4,13-14H2,1-2H3,(H,21,23). The van der Waals surface area contributed by atoms with Gasteiger partial charge in [-0.2, -0.15) is 0 Å². The van der Waals surface area contributed by atoms with Crippen LogP contribution in [-0.2, 0) is 21.2 Å². The molecule has 0 aliphatic carbocycles. The summed E-state index contributed by atoms with van der Waals surface area (Å²) in [5.41, 5.74) is 2.45. The first kappa shape index (κ1) is 19.9. The molecule has 0 aliphatic rings. The van der Waals surface area contributed by atoms with Crippen LogP contribution in [0, 0.1) is 12.7 Å². The highest BCUT2D eigenvalue weighted by Gasteiger charge is 2.20. The lowest BCUT2D eigenvalue weighted by molar-refractivity contribution is -0.119. The molecular formula is C19H23FN2O3S. The summed E-state index contributed by atoms with van der Waals surface area (Å²) >= 11 is 0. The number of aryl methyl sites for hydroxylation is 2. The van der Waals surface area contributed by atoms with Crippen molar-refractivity contribution in [3.05, 3.63) is 65.5 Å². The molecule has 0 atom stereocenters. The summed E-state index contributed by atoms with van der Waals surface area (Å²) in [6, 6.07) is 13.2. The van der Waals surface area contributed by atoms with Gasteiger partial charge in [-0.15, -0.1) is 0 Å². The van der Waals surface area contributed by atoms with E-state index in [9.17, 15) is 17.6 Å². The fourth-order valence-corrected chi connectivity index (χ4v) is 3.33. The van der Waals surface area contributed by atoms with E-state index in [0.717, 1.165) is 21.7 Å². The van der Waals surface area contributed by atoms with Gasteiger partial charge in [0.05, 0.1) is 11.9 Å². The Balaban J connectivity index is 1.87. The molecule has 0 fully saturated rings. The van der Waals surface area contributed by atoms with Gasteiger partial charge < -0.3 is 5.32 Å². The lowest BCUT2D eigenvalue weighted by Gasteiger charge is -2.22. The lowest BCUT2D eigenvalue weighted by atomic mass is 10.1. The predicted octanol–water partition coefficient (Wildman–Crippen LogP) is 2.65. The minimum Gasteiger partial charge on any atom is -0.355 e. The molecule has 7 heteroatoms. The van der Waals surface area contributed by atoms with Crippen LogP contribution in [0.5, 0.6) is 0 Å². The van der Waals surface area contributed by atoms with Crippen molar-refractivity contribution in [2.45, 2.75) is 19.8 Å². The fraction of sp³-hybridized carbons (Fsp3) is 0.316. The van der Waals surface area contributed by atoms with Crippen molar-refractivity contribution in [1.29, 1.82) is 0 Å². The molecule has 26 heavy (non-hydrogen) atoms. The number of hydrogen-bond donors (Lipinski definition) is 1. The van der Waals surface area contributed by atoms with Gasteiger partial charge in [0.15, 0.2) is 0 Å². The van der Waals surface area contributed by atoms with E-state index >= 15 is 0 Å². The van der Waals surface area contributed by atoms with E-state index in [1.54, 1.807) is 36.4 Å². The monoisotopic (exact) mass is 378 g/mol. The van der Waals surface area contributed by atoms with Gasteiger partial charge >= 0.3 is 0 Å². The second kappa shape index (κ2) is 8.80. The van der Waals surface area contributed by atoms with Crippen molar-refractivity contribution in [1.82, 2.24) is 5.32 Å². The van der Waals surface area contributed by atoms with Crippen LogP contribution in [0.25, 0.3) is 0 Å². The Hall–Kier alpha value is -2.41. The van der Waals surface area contributed by atoms with Gasteiger partial charge in [-0.3, -0.25) is 9.10 Å². The zero-order valence-electron chi connectivity index (χ0n) is 14.9. The maximum Gasteiger partial charge on any atom is 0.240 e. The maximum atomic E-state index is 12.8. The lowest BCUT2D eigenvalue weighted by Crippen LogP contribution is -2.40. The molecule has 2 rings (SSSR count). The third-order valence-electron chi connectivity index (χ3n) is 3.89. The fourth-order valence-electron chi connectivity index (χ4n) is 2.47. The number of halogens is 1. The van der Waals surface area contributed by atoms with E-state index < -0.39 is 10.0 Å². The summed E-state index contributed by atoms with van der Waals surface area (Å²) in [6.45, 7) is 2.06. The van der Waals surface area contributed by atoms with Gasteiger partial charge in [0.1, 0.15) is 12.4 Å². The predicted molar refractivity (Wildman–Crippen MR) is 101 cm³/mol. The Morgan fingerprint density at radius 1 is 1.08 bits per heavy atom. The van der Waals surface area contributed by atoms with Crippen molar-refractivity contribution in [2.75, 3.05) is 23.7 Å². The van der Waals surface area contributed by atoms with Gasteiger partial charge in [-0.05, 0) is 49.6 Å². The highest BCUT2D eigenvalue weighted by molar-refractivity contribution is 7.92. The van der Waals surface area contributed by atoms with Crippen LogP contribution in [0.4, 0.5) is 10.1 Å². The van der Waals surface area contributed by atoms with E-state index in [2.05, 4.69) is 5.32 Å². The van der Waals surface area contributed by atoms with Crippen molar-refractivity contribution in [3.8, 4) is 0 Å². The number of carbonyl (C=O) groups is 1. The highest BCUT2D eigenvalue weighted by atomic mass is 32.2. The molecule has 0 unspecified atom stereocenters. The molecule has 140 valence electrons. The molecule has 5 nitrogen and oxygen atoms in total. The van der Waals surface area contributed by atoms with Crippen LogP contribution < -0.4 is 9.62 Å². The second-order valence-corrected chi connectivity index (χ2v) is 8.09. The summed E-state index contributed by atoms with van der Waals surface area (Å²) < 4.78 is 38.0. The zero-order valence-corrected chi connectivity index (χ0v) is 15.7. The first-order valence-electron chi connectivity index (χ1n) is 8.31. The molecule has 2 aromatic carbocycles. The molecular weight excluding hydrogens is 355 g/mol. The minimum absolute atomic E-state index is 0.265. The van der Waals surface area contributed by atoms with E-state index in [1.165, 1.54) is 12.1 Å². The quantitative estimate of drug-likeness (QED) is 0.718. The Morgan fingerprint density at radius 2 is 1.69 bits per heavy atom. The largest absolute Gasteiger partial charge is 0.355 e. The average molecular weight is 378 g/mol. The number of carbonyl (C=O) groups excluding carboxylic acids is 1. The molecule has 1 N–H and O–H groups in total. The molecule has 0 bridgehead atoms. The molecule has 1 amide bonds. The molecule has 0 heterocycles. The smallest absolute Gasteiger partial charge is 0.240 e. The van der Waals surface area contributed by atoms with Gasteiger partial charge in [0.25, 0.3) is 0 Å². The Kier molecular flexibility index (Phi) is 6.74. The van der Waals surface area contributed by atoms with E-state index in [0.29, 0.717) is 25.1 Å². The minimum atomic E-state index is -3.57. The SMILES string of the molecule is Cc1ccc(N(CC(=O)NCCCc2ccc(F)cc2)S(C)(=O)=O)cc1. The molecule has 0 saturated heterocycles. The first-order chi connectivity index (χ1) is 12.3. The zero-order chi connectivity index (χ0) is 19.2. The number of nitrogens with zero attached hydrogens (tertiary/aromatic N) is 1. The van der Waals surface area contributed by atoms with Crippen LogP contribution in [0.15, 0.2) is 48.5 Å². The van der Waals surface area contributed by atoms with Crippen LogP contribution in [0.1, 0.15) is 17.5 Å². The van der Waals surface area contributed by atoms with Crippen molar-refractivity contribution < 1.29 is 17.6 Å². The van der Waals surface area contributed by atoms with Crippen molar-refractivity contribution in [3.63, 3.8) is 0 Å². The first-order valence-corrected chi connectivity index (χ1v) is 10.2. The molecule has 0 saturated carbocycles. The van der Waals surface area contributed by atoms with Crippen LogP contribution in [0.3, 0.4) is 0 Å². The summed E-state index contributed by atoms with van der Waals surface area (Å²) in [7, 11) is -3.57. The summed E-state index contributed by atoms with van der Waals surface area (Å²) in [6.07, 6.45) is 2.46. The average Bonchev–Trinajstić information content (AvgIpc) is 2.58. The van der Waals surface area contributed by atoms with Crippen LogP contribution in [-0.4, -0.2) is 33.7 Å². The number of rotatable bonds is 8. The third-order valence-corrected chi connectivity index (χ3v) is 5.03. The number of nitrogens with one attached hydrogen (secondary N) is 1. The van der Waals surface area contributed by atoms with Gasteiger partial charge in [0.2, 0.25) is 15.9 Å². The number of sulfonamides is 1. The van der Waals surface area contributed by atoms with Crippen LogP contribution in [0.2, 0.25) is 0 Å². The third kappa shape index (κ3) is 6.15. The van der Waals surface area contributed by atoms with E-state index in [-0.39, 0.29) is 18.3 Å². The normalized spacial score (nSPS) is 11.2. The molecule has 2 aromatic rings. The second-order valence-electron chi connectivity index (χ2n) is 6.19.